The van der Waals surface area contributed by atoms with Crippen molar-refractivity contribution < 1.29 is 14.0 Å². The number of urea groups is 1. The number of furan rings is 1. The van der Waals surface area contributed by atoms with E-state index in [0.29, 0.717) is 26.1 Å². The summed E-state index contributed by atoms with van der Waals surface area (Å²) in [6.07, 6.45) is 5.38. The van der Waals surface area contributed by atoms with Crippen molar-refractivity contribution in [2.24, 2.45) is 0 Å². The van der Waals surface area contributed by atoms with Crippen LogP contribution >= 0.6 is 0 Å². The van der Waals surface area contributed by atoms with Crippen molar-refractivity contribution in [3.63, 3.8) is 0 Å². The SMILES string of the molecule is CN(C)[C@H](CNC(=O)NCCN1CCCCCC1=O)c1ccco1. The maximum atomic E-state index is 12.0. The first-order valence-electron chi connectivity index (χ1n) is 8.57. The number of hydrogen-bond donors (Lipinski definition) is 2. The van der Waals surface area contributed by atoms with Gasteiger partial charge in [0.1, 0.15) is 5.76 Å². The van der Waals surface area contributed by atoms with Gasteiger partial charge in [-0.15, -0.1) is 0 Å². The zero-order valence-electron chi connectivity index (χ0n) is 14.6. The van der Waals surface area contributed by atoms with Gasteiger partial charge >= 0.3 is 6.03 Å². The predicted molar refractivity (Wildman–Crippen MR) is 91.6 cm³/mol. The van der Waals surface area contributed by atoms with Gasteiger partial charge in [0.05, 0.1) is 12.3 Å². The molecule has 0 aliphatic carbocycles. The molecule has 7 heteroatoms. The minimum Gasteiger partial charge on any atom is -0.468 e. The molecule has 1 fully saturated rings. The molecular formula is C17H28N4O3. The van der Waals surface area contributed by atoms with Crippen LogP contribution in [0.3, 0.4) is 0 Å². The second kappa shape index (κ2) is 9.32. The van der Waals surface area contributed by atoms with Crippen molar-refractivity contribution in [3.05, 3.63) is 24.2 Å². The standard InChI is InChI=1S/C17H28N4O3/c1-20(2)14(15-7-6-12-24-15)13-19-17(23)18-9-11-21-10-5-3-4-8-16(21)22/h6-7,12,14H,3-5,8-11,13H2,1-2H3,(H2,18,19,23)/t14-/m1/s1. The van der Waals surface area contributed by atoms with Crippen molar-refractivity contribution in [1.82, 2.24) is 20.4 Å². The summed E-state index contributed by atoms with van der Waals surface area (Å²) in [5.41, 5.74) is 0. The molecule has 2 heterocycles. The van der Waals surface area contributed by atoms with Crippen LogP contribution in [0.15, 0.2) is 22.8 Å². The zero-order valence-corrected chi connectivity index (χ0v) is 14.6. The van der Waals surface area contributed by atoms with Gasteiger partial charge in [-0.05, 0) is 39.1 Å². The van der Waals surface area contributed by atoms with Crippen LogP contribution in [0, 0.1) is 0 Å². The number of carbonyl (C=O) groups is 2. The van der Waals surface area contributed by atoms with Gasteiger partial charge in [0, 0.05) is 32.6 Å². The third-order valence-electron chi connectivity index (χ3n) is 4.29. The van der Waals surface area contributed by atoms with E-state index < -0.39 is 0 Å². The fraction of sp³-hybridized carbons (Fsp3) is 0.647. The summed E-state index contributed by atoms with van der Waals surface area (Å²) in [6, 6.07) is 3.49. The van der Waals surface area contributed by atoms with Gasteiger partial charge in [-0.1, -0.05) is 6.42 Å². The normalized spacial score (nSPS) is 16.8. The lowest BCUT2D eigenvalue weighted by Crippen LogP contribution is -2.44. The van der Waals surface area contributed by atoms with Crippen LogP contribution in [0.2, 0.25) is 0 Å². The van der Waals surface area contributed by atoms with Crippen molar-refractivity contribution in [1.29, 1.82) is 0 Å². The molecule has 0 spiro atoms. The van der Waals surface area contributed by atoms with Crippen LogP contribution in [0.5, 0.6) is 0 Å². The van der Waals surface area contributed by atoms with E-state index in [0.717, 1.165) is 31.6 Å². The highest BCUT2D eigenvalue weighted by atomic mass is 16.3. The van der Waals surface area contributed by atoms with Crippen LogP contribution in [0.1, 0.15) is 37.5 Å². The van der Waals surface area contributed by atoms with Crippen molar-refractivity contribution in [3.8, 4) is 0 Å². The van der Waals surface area contributed by atoms with Crippen LogP contribution in [0.25, 0.3) is 0 Å². The number of carbonyl (C=O) groups excluding carboxylic acids is 2. The lowest BCUT2D eigenvalue weighted by Gasteiger charge is -2.23. The summed E-state index contributed by atoms with van der Waals surface area (Å²) in [5.74, 6) is 1.01. The molecular weight excluding hydrogens is 308 g/mol. The van der Waals surface area contributed by atoms with Gasteiger partial charge in [-0.2, -0.15) is 0 Å². The number of nitrogens with zero attached hydrogens (tertiary/aromatic N) is 2. The van der Waals surface area contributed by atoms with Crippen molar-refractivity contribution in [2.45, 2.75) is 31.7 Å². The number of rotatable bonds is 7. The first-order valence-corrected chi connectivity index (χ1v) is 8.57. The van der Waals surface area contributed by atoms with Gasteiger partial charge in [-0.25, -0.2) is 4.79 Å². The molecule has 1 aromatic heterocycles. The highest BCUT2D eigenvalue weighted by molar-refractivity contribution is 5.76. The molecule has 1 atom stereocenters. The van der Waals surface area contributed by atoms with E-state index in [1.54, 1.807) is 6.26 Å². The maximum Gasteiger partial charge on any atom is 0.314 e. The number of hydrogen-bond acceptors (Lipinski definition) is 4. The third-order valence-corrected chi connectivity index (χ3v) is 4.29. The Morgan fingerprint density at radius 1 is 1.33 bits per heavy atom. The molecule has 1 aliphatic heterocycles. The maximum absolute atomic E-state index is 12.0. The smallest absolute Gasteiger partial charge is 0.314 e. The molecule has 1 saturated heterocycles. The number of likely N-dealkylation sites (N-methyl/N-ethyl adjacent to an activating group) is 1. The molecule has 3 amide bonds. The molecule has 134 valence electrons. The Kier molecular flexibility index (Phi) is 7.11. The first-order chi connectivity index (χ1) is 11.6. The number of nitrogens with one attached hydrogen (secondary N) is 2. The Morgan fingerprint density at radius 2 is 2.17 bits per heavy atom. The van der Waals surface area contributed by atoms with E-state index in [4.69, 9.17) is 4.42 Å². The molecule has 0 aromatic carbocycles. The van der Waals surface area contributed by atoms with E-state index in [1.165, 1.54) is 0 Å². The van der Waals surface area contributed by atoms with E-state index in [2.05, 4.69) is 10.6 Å². The minimum absolute atomic E-state index is 0.0158. The van der Waals surface area contributed by atoms with Gasteiger partial charge in [0.2, 0.25) is 5.91 Å². The van der Waals surface area contributed by atoms with Gasteiger partial charge < -0.3 is 20.0 Å². The minimum atomic E-state index is -0.226. The molecule has 0 unspecified atom stereocenters. The first kappa shape index (κ1) is 18.3. The lowest BCUT2D eigenvalue weighted by molar-refractivity contribution is -0.130. The summed E-state index contributed by atoms with van der Waals surface area (Å²) in [5, 5.41) is 5.68. The van der Waals surface area contributed by atoms with E-state index in [1.807, 2.05) is 36.0 Å². The van der Waals surface area contributed by atoms with E-state index >= 15 is 0 Å². The molecule has 0 radical (unpaired) electrons. The third kappa shape index (κ3) is 5.56. The summed E-state index contributed by atoms with van der Waals surface area (Å²) in [4.78, 5) is 27.7. The number of amides is 3. The lowest BCUT2D eigenvalue weighted by atomic mass is 10.2. The van der Waals surface area contributed by atoms with Crippen LogP contribution < -0.4 is 10.6 Å². The molecule has 1 aromatic rings. The average Bonchev–Trinajstić information content (AvgIpc) is 2.98. The topological polar surface area (TPSA) is 77.8 Å². The Bertz CT molecular complexity index is 516. The molecule has 24 heavy (non-hydrogen) atoms. The summed E-state index contributed by atoms with van der Waals surface area (Å²) in [6.45, 7) is 2.28. The fourth-order valence-electron chi connectivity index (χ4n) is 2.85. The summed E-state index contributed by atoms with van der Waals surface area (Å²) < 4.78 is 5.42. The Hall–Kier alpha value is -2.02. The molecule has 2 rings (SSSR count). The molecule has 7 nitrogen and oxygen atoms in total. The largest absolute Gasteiger partial charge is 0.468 e. The zero-order chi connectivity index (χ0) is 17.4. The molecule has 0 bridgehead atoms. The predicted octanol–water partition coefficient (Wildman–Crippen LogP) is 1.58. The van der Waals surface area contributed by atoms with Crippen LogP contribution in [-0.2, 0) is 4.79 Å². The number of likely N-dealkylation sites (tertiary alicyclic amines) is 1. The van der Waals surface area contributed by atoms with Crippen molar-refractivity contribution in [2.75, 3.05) is 40.3 Å². The van der Waals surface area contributed by atoms with Gasteiger partial charge in [0.15, 0.2) is 0 Å². The highest BCUT2D eigenvalue weighted by Crippen LogP contribution is 2.17. The molecule has 1 aliphatic rings. The second-order valence-corrected chi connectivity index (χ2v) is 6.32. The second-order valence-electron chi connectivity index (χ2n) is 6.32. The average molecular weight is 336 g/mol. The Balaban J connectivity index is 1.70. The van der Waals surface area contributed by atoms with Crippen LogP contribution in [-0.4, -0.2) is 62.0 Å². The quantitative estimate of drug-likeness (QED) is 0.792. The fourth-order valence-corrected chi connectivity index (χ4v) is 2.85. The Morgan fingerprint density at radius 3 is 2.88 bits per heavy atom. The van der Waals surface area contributed by atoms with Crippen molar-refractivity contribution >= 4 is 11.9 Å². The molecule has 0 saturated carbocycles. The highest BCUT2D eigenvalue weighted by Gasteiger charge is 2.18. The summed E-state index contributed by atoms with van der Waals surface area (Å²) in [7, 11) is 3.88. The van der Waals surface area contributed by atoms with Gasteiger partial charge in [0.25, 0.3) is 0 Å². The van der Waals surface area contributed by atoms with Crippen LogP contribution in [0.4, 0.5) is 4.79 Å². The monoisotopic (exact) mass is 336 g/mol. The van der Waals surface area contributed by atoms with E-state index in [9.17, 15) is 9.59 Å². The van der Waals surface area contributed by atoms with Gasteiger partial charge in [-0.3, -0.25) is 9.69 Å². The Labute approximate surface area is 143 Å². The molecule has 2 N–H and O–H groups in total. The van der Waals surface area contributed by atoms with E-state index in [-0.39, 0.29) is 18.0 Å². The summed E-state index contributed by atoms with van der Waals surface area (Å²) >= 11 is 0.